The maximum atomic E-state index is 14.7. The first kappa shape index (κ1) is 39.4. The molecule has 14 heteroatoms. The van der Waals surface area contributed by atoms with Gasteiger partial charge in [0.05, 0.1) is 31.7 Å². The molecule has 4 aromatic rings. The van der Waals surface area contributed by atoms with Crippen molar-refractivity contribution in [1.82, 2.24) is 7.42 Å². The van der Waals surface area contributed by atoms with Crippen molar-refractivity contribution in [3.63, 3.8) is 0 Å². The first-order chi connectivity index (χ1) is 23.4. The monoisotopic (exact) mass is 760 g/mol. The summed E-state index contributed by atoms with van der Waals surface area (Å²) in [7, 11) is -19.8. The Morgan fingerprint density at radius 1 is 0.380 bits per heavy atom. The van der Waals surface area contributed by atoms with Gasteiger partial charge in [-0.15, -0.1) is 0 Å². The summed E-state index contributed by atoms with van der Waals surface area (Å²) < 4.78 is 118. The molecule has 50 heavy (non-hydrogen) atoms. The van der Waals surface area contributed by atoms with E-state index in [9.17, 15) is 33.7 Å². The quantitative estimate of drug-likeness (QED) is 0.130. The molecule has 270 valence electrons. The van der Waals surface area contributed by atoms with Crippen LogP contribution in [0.15, 0.2) is 117 Å². The fraction of sp³-hybridized carbons (Fsp3) is 0.333. The van der Waals surface area contributed by atoms with E-state index in [4.69, 9.17) is 0 Å². The molecule has 0 fully saturated rings. The van der Waals surface area contributed by atoms with Gasteiger partial charge in [-0.1, -0.05) is 105 Å². The summed E-state index contributed by atoms with van der Waals surface area (Å²) in [5.74, 6) is 0. The van der Waals surface area contributed by atoms with Crippen LogP contribution in [0, 0.1) is 27.7 Å². The third-order valence-corrected chi connectivity index (χ3v) is 17.2. The minimum atomic E-state index is -4.95. The van der Waals surface area contributed by atoms with Crippen LogP contribution >= 0.6 is 0 Å². The molecule has 4 rings (SSSR count). The lowest BCUT2D eigenvalue weighted by Gasteiger charge is -2.40. The topological polar surface area (TPSA) is 143 Å². The number of hydrogen-bond donors (Lipinski definition) is 0. The standard InChI is InChI=1S/C36H44N2O8S4/c1-7-9-35(37(47(39,40)31-19-11-27(3)12-20-31)48(41,42)32-21-13-28(4)14-22-32)36(10-8-2)38(49(43,44)33-23-15-29(5)16-24-33)50(45,46)34-25-17-30(6)18-26-34/h11-26,35-36H,7-10H2,1-6H3/t35-,36+. The Bertz CT molecular complexity index is 1910. The van der Waals surface area contributed by atoms with E-state index in [1.54, 1.807) is 41.5 Å². The largest absolute Gasteiger partial charge is 0.256 e. The lowest BCUT2D eigenvalue weighted by Crippen LogP contribution is -2.58. The van der Waals surface area contributed by atoms with Crippen molar-refractivity contribution in [2.24, 2.45) is 0 Å². The third kappa shape index (κ3) is 8.05. The molecule has 0 unspecified atom stereocenters. The van der Waals surface area contributed by atoms with E-state index < -0.39 is 52.2 Å². The molecule has 0 bridgehead atoms. The van der Waals surface area contributed by atoms with Gasteiger partial charge in [0.25, 0.3) is 40.1 Å². The molecule has 0 aliphatic heterocycles. The normalized spacial score (nSPS) is 14.2. The van der Waals surface area contributed by atoms with Crippen molar-refractivity contribution in [3.8, 4) is 0 Å². The minimum Gasteiger partial charge on any atom is -0.206 e. The highest BCUT2D eigenvalue weighted by Gasteiger charge is 2.51. The summed E-state index contributed by atoms with van der Waals surface area (Å²) >= 11 is 0. The summed E-state index contributed by atoms with van der Waals surface area (Å²) in [6.45, 7) is 10.4. The number of nitrogens with zero attached hydrogens (tertiary/aromatic N) is 2. The van der Waals surface area contributed by atoms with E-state index in [0.29, 0.717) is 7.42 Å². The molecule has 10 nitrogen and oxygen atoms in total. The number of benzene rings is 4. The Kier molecular flexibility index (Phi) is 12.2. The Balaban J connectivity index is 2.12. The highest BCUT2D eigenvalue weighted by atomic mass is 32.3. The van der Waals surface area contributed by atoms with E-state index in [2.05, 4.69) is 0 Å². The van der Waals surface area contributed by atoms with Crippen LogP contribution in [0.5, 0.6) is 0 Å². The van der Waals surface area contributed by atoms with Crippen LogP contribution in [0.1, 0.15) is 61.8 Å². The van der Waals surface area contributed by atoms with Gasteiger partial charge in [0.2, 0.25) is 0 Å². The number of rotatable bonds is 15. The van der Waals surface area contributed by atoms with Crippen molar-refractivity contribution in [1.29, 1.82) is 0 Å². The molecular weight excluding hydrogens is 717 g/mol. The molecule has 0 aliphatic rings. The molecule has 0 aliphatic carbocycles. The summed E-state index contributed by atoms with van der Waals surface area (Å²) in [6, 6.07) is 19.1. The van der Waals surface area contributed by atoms with Crippen molar-refractivity contribution in [2.75, 3.05) is 0 Å². The Morgan fingerprint density at radius 2 is 0.560 bits per heavy atom. The summed E-state index contributed by atoms with van der Waals surface area (Å²) in [5, 5.41) is 0. The van der Waals surface area contributed by atoms with Crippen molar-refractivity contribution in [3.05, 3.63) is 119 Å². The lowest BCUT2D eigenvalue weighted by molar-refractivity contribution is 0.264. The van der Waals surface area contributed by atoms with E-state index >= 15 is 0 Å². The van der Waals surface area contributed by atoms with E-state index in [1.165, 1.54) is 97.1 Å². The van der Waals surface area contributed by atoms with Gasteiger partial charge < -0.3 is 0 Å². The molecular formula is C36H44N2O8S4. The van der Waals surface area contributed by atoms with Crippen molar-refractivity contribution >= 4 is 40.1 Å². The Morgan fingerprint density at radius 3 is 0.720 bits per heavy atom. The van der Waals surface area contributed by atoms with Gasteiger partial charge in [-0.2, -0.15) is 0 Å². The summed E-state index contributed by atoms with van der Waals surface area (Å²) in [6.07, 6.45) is 0.00278. The molecule has 0 heterocycles. The smallest absolute Gasteiger partial charge is 0.206 e. The SMILES string of the molecule is CCC[C@H]([C@H](CCC)N(S(=O)(=O)c1ccc(C)cc1)S(=O)(=O)c1ccc(C)cc1)N(S(=O)(=O)c1ccc(C)cc1)S(=O)(=O)c1ccc(C)cc1. The second-order valence-corrected chi connectivity index (χ2v) is 20.2. The summed E-state index contributed by atoms with van der Waals surface area (Å²) in [5.41, 5.74) is 2.91. The zero-order valence-electron chi connectivity index (χ0n) is 29.0. The highest BCUT2D eigenvalue weighted by Crippen LogP contribution is 2.37. The molecule has 0 saturated heterocycles. The van der Waals surface area contributed by atoms with Crippen LogP contribution in [0.2, 0.25) is 0 Å². The lowest BCUT2D eigenvalue weighted by atomic mass is 10.0. The molecule has 0 aromatic heterocycles. The molecule has 4 aromatic carbocycles. The van der Waals surface area contributed by atoms with Gasteiger partial charge in [0.1, 0.15) is 0 Å². The van der Waals surface area contributed by atoms with Gasteiger partial charge in [-0.25, -0.2) is 33.7 Å². The van der Waals surface area contributed by atoms with Crippen LogP contribution in [0.4, 0.5) is 0 Å². The van der Waals surface area contributed by atoms with Gasteiger partial charge in [-0.3, -0.25) is 0 Å². The van der Waals surface area contributed by atoms with Crippen molar-refractivity contribution in [2.45, 2.75) is 98.9 Å². The highest BCUT2D eigenvalue weighted by molar-refractivity contribution is 8.04. The maximum absolute atomic E-state index is 14.7. The summed E-state index contributed by atoms with van der Waals surface area (Å²) in [4.78, 5) is -1.37. The first-order valence-corrected chi connectivity index (χ1v) is 22.0. The number of hydrogen-bond acceptors (Lipinski definition) is 8. The van der Waals surface area contributed by atoms with Crippen LogP contribution in [0.25, 0.3) is 0 Å². The zero-order valence-corrected chi connectivity index (χ0v) is 32.3. The van der Waals surface area contributed by atoms with E-state index in [0.717, 1.165) is 22.3 Å². The van der Waals surface area contributed by atoms with Crippen LogP contribution in [-0.2, 0) is 40.1 Å². The second-order valence-electron chi connectivity index (χ2n) is 12.4. The molecule has 2 atom stereocenters. The average molecular weight is 761 g/mol. The Labute approximate surface area is 298 Å². The third-order valence-electron chi connectivity index (χ3n) is 8.38. The number of aryl methyl sites for hydroxylation is 4. The zero-order chi connectivity index (χ0) is 37.1. The molecule has 0 amide bonds. The van der Waals surface area contributed by atoms with Gasteiger partial charge >= 0.3 is 0 Å². The van der Waals surface area contributed by atoms with Gasteiger partial charge in [0, 0.05) is 0 Å². The average Bonchev–Trinajstić information content (AvgIpc) is 3.05. The molecule has 0 saturated carbocycles. The van der Waals surface area contributed by atoms with E-state index in [1.807, 2.05) is 0 Å². The van der Waals surface area contributed by atoms with Crippen LogP contribution in [0.3, 0.4) is 0 Å². The van der Waals surface area contributed by atoms with Gasteiger partial charge in [0.15, 0.2) is 0 Å². The molecule has 0 radical (unpaired) electrons. The number of sulfonamides is 4. The molecule has 0 N–H and O–H groups in total. The molecule has 0 spiro atoms. The fourth-order valence-corrected chi connectivity index (χ4v) is 14.0. The predicted molar refractivity (Wildman–Crippen MR) is 195 cm³/mol. The predicted octanol–water partition coefficient (Wildman–Crippen LogP) is 6.72. The first-order valence-electron chi connectivity index (χ1n) is 16.2. The minimum absolute atomic E-state index is 0.190. The van der Waals surface area contributed by atoms with Crippen LogP contribution < -0.4 is 0 Å². The fourth-order valence-electron chi connectivity index (χ4n) is 5.70. The van der Waals surface area contributed by atoms with Crippen molar-refractivity contribution < 1.29 is 33.7 Å². The maximum Gasteiger partial charge on any atom is 0.256 e. The Hall–Kier alpha value is -3.40. The van der Waals surface area contributed by atoms with E-state index in [-0.39, 0.29) is 45.3 Å². The van der Waals surface area contributed by atoms with Crippen LogP contribution in [-0.4, -0.2) is 53.2 Å². The second kappa shape index (κ2) is 15.5. The van der Waals surface area contributed by atoms with Gasteiger partial charge in [-0.05, 0) is 89.1 Å².